The van der Waals surface area contributed by atoms with Gasteiger partial charge in [-0.1, -0.05) is 6.07 Å². The molecule has 0 spiro atoms. The first-order chi connectivity index (χ1) is 14.5. The number of aliphatic hydroxyl groups excluding tert-OH is 1. The molecule has 2 amide bonds. The summed E-state index contributed by atoms with van der Waals surface area (Å²) in [5.41, 5.74) is 0.305. The number of aryl methyl sites for hydroxylation is 1. The van der Waals surface area contributed by atoms with Crippen molar-refractivity contribution in [2.45, 2.75) is 31.9 Å². The van der Waals surface area contributed by atoms with Crippen LogP contribution in [0.3, 0.4) is 0 Å². The van der Waals surface area contributed by atoms with Crippen LogP contribution in [0.15, 0.2) is 47.0 Å². The van der Waals surface area contributed by atoms with Crippen molar-refractivity contribution in [2.24, 2.45) is 0 Å². The molecule has 8 nitrogen and oxygen atoms in total. The summed E-state index contributed by atoms with van der Waals surface area (Å²) in [5.74, 6) is 0.137. The normalized spacial score (nSPS) is 18.8. The minimum absolute atomic E-state index is 0.290. The van der Waals surface area contributed by atoms with Crippen LogP contribution in [0.4, 0.5) is 0 Å². The first-order valence-corrected chi connectivity index (χ1v) is 9.80. The number of aliphatic hydroxyl groups is 1. The van der Waals surface area contributed by atoms with E-state index in [9.17, 15) is 14.7 Å². The fourth-order valence-electron chi connectivity index (χ4n) is 3.68. The summed E-state index contributed by atoms with van der Waals surface area (Å²) in [6.07, 6.45) is 2.74. The highest BCUT2D eigenvalue weighted by atomic mass is 16.5. The van der Waals surface area contributed by atoms with Crippen molar-refractivity contribution < 1.29 is 23.8 Å². The third-order valence-corrected chi connectivity index (χ3v) is 5.30. The van der Waals surface area contributed by atoms with E-state index in [1.165, 1.54) is 0 Å². The Morgan fingerprint density at radius 2 is 2.23 bits per heavy atom. The predicted molar refractivity (Wildman–Crippen MR) is 109 cm³/mol. The summed E-state index contributed by atoms with van der Waals surface area (Å²) in [5, 5.41) is 15.9. The van der Waals surface area contributed by atoms with Crippen LogP contribution in [0.5, 0.6) is 5.75 Å². The molecular weight excluding hydrogens is 386 g/mol. The van der Waals surface area contributed by atoms with Gasteiger partial charge in [0.15, 0.2) is 0 Å². The Morgan fingerprint density at radius 3 is 2.97 bits per heavy atom. The lowest BCUT2D eigenvalue weighted by Crippen LogP contribution is -2.63. The maximum atomic E-state index is 13.1. The van der Waals surface area contributed by atoms with E-state index in [0.717, 1.165) is 5.69 Å². The molecule has 3 heterocycles. The van der Waals surface area contributed by atoms with Crippen molar-refractivity contribution >= 4 is 22.8 Å². The van der Waals surface area contributed by atoms with Gasteiger partial charge >= 0.3 is 0 Å². The van der Waals surface area contributed by atoms with Crippen LogP contribution in [-0.2, 0) is 11.4 Å². The molecule has 0 saturated carbocycles. The van der Waals surface area contributed by atoms with Crippen molar-refractivity contribution in [3.8, 4) is 5.75 Å². The fourth-order valence-corrected chi connectivity index (χ4v) is 3.68. The highest BCUT2D eigenvalue weighted by Crippen LogP contribution is 2.30. The lowest BCUT2D eigenvalue weighted by atomic mass is 9.89. The smallest absolute Gasteiger partial charge is 0.256 e. The molecule has 0 aliphatic carbocycles. The number of carbonyl (C=O) groups excluding carboxylic acids is 2. The molecule has 0 bridgehead atoms. The Balaban J connectivity index is 1.60. The number of nitrogens with zero attached hydrogens (tertiary/aromatic N) is 1. The van der Waals surface area contributed by atoms with Crippen LogP contribution >= 0.6 is 0 Å². The number of aromatic nitrogens is 1. The summed E-state index contributed by atoms with van der Waals surface area (Å²) in [7, 11) is 0. The Labute approximate surface area is 173 Å². The van der Waals surface area contributed by atoms with Crippen molar-refractivity contribution in [2.75, 3.05) is 13.2 Å². The summed E-state index contributed by atoms with van der Waals surface area (Å²) in [6, 6.07) is 10.8. The van der Waals surface area contributed by atoms with Gasteiger partial charge in [-0.05, 0) is 50.1 Å². The van der Waals surface area contributed by atoms with Gasteiger partial charge in [0, 0.05) is 18.1 Å². The zero-order valence-corrected chi connectivity index (χ0v) is 16.6. The molecule has 0 radical (unpaired) electrons. The molecule has 3 aromatic rings. The number of rotatable bonds is 6. The minimum atomic E-state index is -1.33. The van der Waals surface area contributed by atoms with Crippen LogP contribution in [0.25, 0.3) is 11.0 Å². The molecule has 1 aliphatic rings. The van der Waals surface area contributed by atoms with Crippen LogP contribution in [0, 0.1) is 6.92 Å². The van der Waals surface area contributed by atoms with Crippen LogP contribution in [0.1, 0.15) is 34.7 Å². The van der Waals surface area contributed by atoms with E-state index in [2.05, 4.69) is 15.6 Å². The average molecular weight is 409 g/mol. The summed E-state index contributed by atoms with van der Waals surface area (Å²) in [4.78, 5) is 29.7. The maximum absolute atomic E-state index is 13.1. The van der Waals surface area contributed by atoms with Gasteiger partial charge in [-0.25, -0.2) is 0 Å². The molecule has 1 unspecified atom stereocenters. The van der Waals surface area contributed by atoms with Gasteiger partial charge in [-0.3, -0.25) is 14.6 Å². The largest absolute Gasteiger partial charge is 0.487 e. The third-order valence-electron chi connectivity index (χ3n) is 5.30. The molecule has 1 atom stereocenters. The first-order valence-electron chi connectivity index (χ1n) is 9.80. The number of nitrogens with one attached hydrogen (secondary N) is 2. The standard InChI is InChI=1S/C22H23N3O5/c1-14-19(20(27)25-22(13-26)8-4-10-24-21(22)28)17-11-16(6-7-18(17)30-14)29-12-15-5-2-3-9-23-15/h2-3,5-7,9,11,26H,4,8,10,12-13H2,1H3,(H,24,28)(H,25,27). The van der Waals surface area contributed by atoms with Gasteiger partial charge in [0.25, 0.3) is 5.91 Å². The molecule has 156 valence electrons. The number of carbonyl (C=O) groups is 2. The van der Waals surface area contributed by atoms with E-state index >= 15 is 0 Å². The van der Waals surface area contributed by atoms with E-state index in [1.807, 2.05) is 18.2 Å². The molecule has 1 aromatic carbocycles. The summed E-state index contributed by atoms with van der Waals surface area (Å²) in [6.45, 7) is 2.04. The Morgan fingerprint density at radius 1 is 1.37 bits per heavy atom. The van der Waals surface area contributed by atoms with Gasteiger partial charge in [-0.15, -0.1) is 0 Å². The van der Waals surface area contributed by atoms with Crippen molar-refractivity contribution in [3.63, 3.8) is 0 Å². The lowest BCUT2D eigenvalue weighted by Gasteiger charge is -2.35. The van der Waals surface area contributed by atoms with E-state index in [-0.39, 0.29) is 5.91 Å². The molecule has 1 aliphatic heterocycles. The number of hydrogen-bond acceptors (Lipinski definition) is 6. The third kappa shape index (κ3) is 3.73. The zero-order valence-electron chi connectivity index (χ0n) is 16.6. The molecular formula is C22H23N3O5. The van der Waals surface area contributed by atoms with Crippen molar-refractivity contribution in [1.82, 2.24) is 15.6 Å². The van der Waals surface area contributed by atoms with E-state index in [4.69, 9.17) is 9.15 Å². The van der Waals surface area contributed by atoms with Crippen LogP contribution < -0.4 is 15.4 Å². The zero-order chi connectivity index (χ0) is 21.1. The second-order valence-electron chi connectivity index (χ2n) is 7.35. The quantitative estimate of drug-likeness (QED) is 0.574. The number of hydrogen-bond donors (Lipinski definition) is 3. The second-order valence-corrected chi connectivity index (χ2v) is 7.35. The number of amides is 2. The van der Waals surface area contributed by atoms with Gasteiger partial charge in [0.1, 0.15) is 29.2 Å². The summed E-state index contributed by atoms with van der Waals surface area (Å²) >= 11 is 0. The van der Waals surface area contributed by atoms with Crippen molar-refractivity contribution in [3.05, 3.63) is 59.6 Å². The molecule has 4 rings (SSSR count). The monoisotopic (exact) mass is 409 g/mol. The summed E-state index contributed by atoms with van der Waals surface area (Å²) < 4.78 is 11.5. The van der Waals surface area contributed by atoms with E-state index in [0.29, 0.717) is 54.0 Å². The fraction of sp³-hybridized carbons (Fsp3) is 0.318. The topological polar surface area (TPSA) is 114 Å². The SMILES string of the molecule is Cc1oc2ccc(OCc3ccccn3)cc2c1C(=O)NC1(CO)CCCNC1=O. The van der Waals surface area contributed by atoms with Gasteiger partial charge < -0.3 is 24.9 Å². The molecule has 2 aromatic heterocycles. The highest BCUT2D eigenvalue weighted by molar-refractivity contribution is 6.09. The van der Waals surface area contributed by atoms with Crippen LogP contribution in [0.2, 0.25) is 0 Å². The Kier molecular flexibility index (Phi) is 5.41. The number of pyridine rings is 1. The lowest BCUT2D eigenvalue weighted by molar-refractivity contribution is -0.131. The van der Waals surface area contributed by atoms with Gasteiger partial charge in [0.05, 0.1) is 17.9 Å². The van der Waals surface area contributed by atoms with Crippen molar-refractivity contribution in [1.29, 1.82) is 0 Å². The number of piperidine rings is 1. The number of fused-ring (bicyclic) bond motifs is 1. The molecule has 3 N–H and O–H groups in total. The Hall–Kier alpha value is -3.39. The van der Waals surface area contributed by atoms with E-state index < -0.39 is 18.1 Å². The van der Waals surface area contributed by atoms with E-state index in [1.54, 1.807) is 31.3 Å². The van der Waals surface area contributed by atoms with Gasteiger partial charge in [0.2, 0.25) is 5.91 Å². The molecule has 1 fully saturated rings. The Bertz CT molecular complexity index is 1080. The first kappa shape index (κ1) is 19.9. The number of ether oxygens (including phenoxy) is 1. The molecule has 8 heteroatoms. The predicted octanol–water partition coefficient (Wildman–Crippen LogP) is 2.09. The number of furan rings is 1. The average Bonchev–Trinajstić information content (AvgIpc) is 3.09. The maximum Gasteiger partial charge on any atom is 0.256 e. The number of benzene rings is 1. The van der Waals surface area contributed by atoms with Gasteiger partial charge in [-0.2, -0.15) is 0 Å². The highest BCUT2D eigenvalue weighted by Gasteiger charge is 2.42. The second kappa shape index (κ2) is 8.16. The molecule has 30 heavy (non-hydrogen) atoms. The minimum Gasteiger partial charge on any atom is -0.487 e. The molecule has 1 saturated heterocycles. The van der Waals surface area contributed by atoms with Crippen LogP contribution in [-0.4, -0.2) is 40.6 Å².